The first-order valence-corrected chi connectivity index (χ1v) is 8.01. The SMILES string of the molecule is CSC1(CN2CCNC3(CCCC3)C2)CC1. The quantitative estimate of drug-likeness (QED) is 0.813. The molecule has 0 aromatic heterocycles. The molecule has 1 spiro atoms. The maximum atomic E-state index is 3.80. The van der Waals surface area contributed by atoms with E-state index in [0.717, 1.165) is 0 Å². The van der Waals surface area contributed by atoms with Crippen molar-refractivity contribution in [1.82, 2.24) is 10.2 Å². The van der Waals surface area contributed by atoms with Crippen molar-refractivity contribution in [3.8, 4) is 0 Å². The number of nitrogens with zero attached hydrogens (tertiary/aromatic N) is 1. The van der Waals surface area contributed by atoms with E-state index in [4.69, 9.17) is 0 Å². The van der Waals surface area contributed by atoms with Crippen molar-refractivity contribution in [1.29, 1.82) is 0 Å². The first-order chi connectivity index (χ1) is 7.76. The largest absolute Gasteiger partial charge is 0.309 e. The molecular weight excluding hydrogens is 216 g/mol. The van der Waals surface area contributed by atoms with Crippen LogP contribution in [0.5, 0.6) is 0 Å². The molecule has 16 heavy (non-hydrogen) atoms. The fourth-order valence-electron chi connectivity index (χ4n) is 3.54. The highest BCUT2D eigenvalue weighted by atomic mass is 32.2. The van der Waals surface area contributed by atoms with Gasteiger partial charge >= 0.3 is 0 Å². The van der Waals surface area contributed by atoms with Crippen LogP contribution in [0.1, 0.15) is 38.5 Å². The number of rotatable bonds is 3. The Kier molecular flexibility index (Phi) is 2.97. The Morgan fingerprint density at radius 1 is 1.19 bits per heavy atom. The Hall–Kier alpha value is 0.270. The molecule has 0 amide bonds. The van der Waals surface area contributed by atoms with Crippen LogP contribution in [0, 0.1) is 0 Å². The van der Waals surface area contributed by atoms with Crippen molar-refractivity contribution in [2.75, 3.05) is 32.4 Å². The van der Waals surface area contributed by atoms with Gasteiger partial charge in [0.2, 0.25) is 0 Å². The molecule has 2 saturated carbocycles. The molecule has 3 aliphatic rings. The van der Waals surface area contributed by atoms with E-state index in [-0.39, 0.29) is 0 Å². The van der Waals surface area contributed by atoms with Gasteiger partial charge in [-0.2, -0.15) is 11.8 Å². The summed E-state index contributed by atoms with van der Waals surface area (Å²) >= 11 is 2.10. The Balaban J connectivity index is 1.59. The van der Waals surface area contributed by atoms with Crippen LogP contribution < -0.4 is 5.32 Å². The number of piperazine rings is 1. The van der Waals surface area contributed by atoms with E-state index < -0.39 is 0 Å². The molecule has 1 N–H and O–H groups in total. The third kappa shape index (κ3) is 2.14. The van der Waals surface area contributed by atoms with Gasteiger partial charge in [-0.1, -0.05) is 12.8 Å². The summed E-state index contributed by atoms with van der Waals surface area (Å²) in [6.45, 7) is 5.14. The highest BCUT2D eigenvalue weighted by Crippen LogP contribution is 2.48. The minimum atomic E-state index is 0.507. The highest BCUT2D eigenvalue weighted by molar-refractivity contribution is 8.00. The van der Waals surface area contributed by atoms with E-state index in [1.165, 1.54) is 64.7 Å². The van der Waals surface area contributed by atoms with Crippen LogP contribution in [0.3, 0.4) is 0 Å². The third-order valence-corrected chi connectivity index (χ3v) is 6.17. The molecule has 0 atom stereocenters. The van der Waals surface area contributed by atoms with E-state index in [1.54, 1.807) is 0 Å². The van der Waals surface area contributed by atoms with Gasteiger partial charge in [0.25, 0.3) is 0 Å². The highest BCUT2D eigenvalue weighted by Gasteiger charge is 2.45. The molecule has 0 aromatic rings. The molecular formula is C13H24N2S. The normalized spacial score (nSPS) is 32.1. The number of nitrogens with one attached hydrogen (secondary N) is 1. The van der Waals surface area contributed by atoms with Crippen LogP contribution >= 0.6 is 11.8 Å². The van der Waals surface area contributed by atoms with Crippen LogP contribution in [0.4, 0.5) is 0 Å². The fraction of sp³-hybridized carbons (Fsp3) is 1.00. The van der Waals surface area contributed by atoms with Crippen LogP contribution in [0.15, 0.2) is 0 Å². The van der Waals surface area contributed by atoms with Gasteiger partial charge in [-0.05, 0) is 31.9 Å². The van der Waals surface area contributed by atoms with Crippen molar-refractivity contribution in [2.24, 2.45) is 0 Å². The van der Waals surface area contributed by atoms with E-state index in [1.807, 2.05) is 0 Å². The molecule has 0 aromatic carbocycles. The summed E-state index contributed by atoms with van der Waals surface area (Å²) in [4.78, 5) is 2.74. The zero-order valence-corrected chi connectivity index (χ0v) is 11.2. The van der Waals surface area contributed by atoms with Crippen LogP contribution in [0.2, 0.25) is 0 Å². The number of hydrogen-bond acceptors (Lipinski definition) is 3. The summed E-state index contributed by atoms with van der Waals surface area (Å²) in [6, 6.07) is 0. The van der Waals surface area contributed by atoms with E-state index in [0.29, 0.717) is 10.3 Å². The molecule has 1 aliphatic heterocycles. The van der Waals surface area contributed by atoms with Gasteiger partial charge < -0.3 is 5.32 Å². The molecule has 92 valence electrons. The molecule has 2 aliphatic carbocycles. The van der Waals surface area contributed by atoms with Gasteiger partial charge in [-0.3, -0.25) is 4.90 Å². The Labute approximate surface area is 104 Å². The summed E-state index contributed by atoms with van der Waals surface area (Å²) in [5.74, 6) is 0. The average Bonchev–Trinajstić information content (AvgIpc) is 2.93. The minimum Gasteiger partial charge on any atom is -0.309 e. The van der Waals surface area contributed by atoms with Crippen LogP contribution in [-0.4, -0.2) is 47.6 Å². The molecule has 1 heterocycles. The molecule has 0 bridgehead atoms. The second-order valence-electron chi connectivity index (χ2n) is 6.01. The summed E-state index contributed by atoms with van der Waals surface area (Å²) in [5, 5.41) is 3.80. The minimum absolute atomic E-state index is 0.507. The molecule has 3 fully saturated rings. The number of hydrogen-bond donors (Lipinski definition) is 1. The van der Waals surface area contributed by atoms with E-state index >= 15 is 0 Å². The van der Waals surface area contributed by atoms with Crippen molar-refractivity contribution in [2.45, 2.75) is 48.8 Å². The second-order valence-corrected chi connectivity index (χ2v) is 7.29. The summed E-state index contributed by atoms with van der Waals surface area (Å²) in [6.07, 6.45) is 10.9. The molecule has 3 rings (SSSR count). The van der Waals surface area contributed by atoms with Gasteiger partial charge in [0.15, 0.2) is 0 Å². The topological polar surface area (TPSA) is 15.3 Å². The Morgan fingerprint density at radius 2 is 1.94 bits per heavy atom. The molecule has 2 nitrogen and oxygen atoms in total. The van der Waals surface area contributed by atoms with Gasteiger partial charge in [0.05, 0.1) is 0 Å². The van der Waals surface area contributed by atoms with Crippen molar-refractivity contribution in [3.63, 3.8) is 0 Å². The summed E-state index contributed by atoms with van der Waals surface area (Å²) in [5.41, 5.74) is 0.507. The summed E-state index contributed by atoms with van der Waals surface area (Å²) < 4.78 is 0.650. The Morgan fingerprint density at radius 3 is 2.56 bits per heavy atom. The Bertz CT molecular complexity index is 257. The molecule has 1 saturated heterocycles. The maximum absolute atomic E-state index is 3.80. The van der Waals surface area contributed by atoms with Gasteiger partial charge in [-0.15, -0.1) is 0 Å². The zero-order chi connectivity index (χ0) is 11.1. The smallest absolute Gasteiger partial charge is 0.0309 e. The monoisotopic (exact) mass is 240 g/mol. The predicted octanol–water partition coefficient (Wildman–Crippen LogP) is 2.10. The first-order valence-electron chi connectivity index (χ1n) is 6.79. The maximum Gasteiger partial charge on any atom is 0.0309 e. The third-order valence-electron chi connectivity index (χ3n) is 4.77. The van der Waals surface area contributed by atoms with E-state index in [2.05, 4.69) is 28.2 Å². The lowest BCUT2D eigenvalue weighted by Crippen LogP contribution is -2.59. The van der Waals surface area contributed by atoms with Gasteiger partial charge in [0, 0.05) is 36.5 Å². The van der Waals surface area contributed by atoms with Gasteiger partial charge in [-0.25, -0.2) is 0 Å². The first kappa shape index (κ1) is 11.4. The van der Waals surface area contributed by atoms with Gasteiger partial charge in [0.1, 0.15) is 0 Å². The number of thioether (sulfide) groups is 1. The lowest BCUT2D eigenvalue weighted by molar-refractivity contribution is 0.133. The molecule has 0 unspecified atom stereocenters. The standard InChI is InChI=1S/C13H24N2S/c1-16-13(6-7-13)11-15-9-8-14-12(10-15)4-2-3-5-12/h14H,2-11H2,1H3. The van der Waals surface area contributed by atoms with Crippen molar-refractivity contribution >= 4 is 11.8 Å². The fourth-order valence-corrected chi connectivity index (χ4v) is 4.36. The summed E-state index contributed by atoms with van der Waals surface area (Å²) in [7, 11) is 0. The predicted molar refractivity (Wildman–Crippen MR) is 71.1 cm³/mol. The van der Waals surface area contributed by atoms with Crippen molar-refractivity contribution in [3.05, 3.63) is 0 Å². The lowest BCUT2D eigenvalue weighted by atomic mass is 9.94. The molecule has 3 heteroatoms. The lowest BCUT2D eigenvalue weighted by Gasteiger charge is -2.42. The zero-order valence-electron chi connectivity index (χ0n) is 10.4. The second kappa shape index (κ2) is 4.18. The van der Waals surface area contributed by atoms with Crippen LogP contribution in [0.25, 0.3) is 0 Å². The average molecular weight is 240 g/mol. The van der Waals surface area contributed by atoms with Crippen molar-refractivity contribution < 1.29 is 0 Å². The van der Waals surface area contributed by atoms with Crippen LogP contribution in [-0.2, 0) is 0 Å². The molecule has 0 radical (unpaired) electrons. The van der Waals surface area contributed by atoms with E-state index in [9.17, 15) is 0 Å².